The Hall–Kier alpha value is -3.42. The molecule has 0 bridgehead atoms. The largest absolute Gasteiger partial charge is 0.368 e. The highest BCUT2D eigenvalue weighted by Gasteiger charge is 2.22. The molecule has 2 heterocycles. The number of piperazine rings is 1. The van der Waals surface area contributed by atoms with Crippen molar-refractivity contribution in [3.8, 4) is 5.69 Å². The molecule has 7 heteroatoms. The van der Waals surface area contributed by atoms with Crippen molar-refractivity contribution in [2.75, 3.05) is 42.9 Å². The van der Waals surface area contributed by atoms with E-state index in [0.29, 0.717) is 6.54 Å². The molecule has 1 fully saturated rings. The molecule has 0 radical (unpaired) electrons. The molecule has 0 atom stereocenters. The minimum atomic E-state index is -0.0452. The highest BCUT2D eigenvalue weighted by atomic mass is 79.9. The lowest BCUT2D eigenvalue weighted by Crippen LogP contribution is -2.49. The number of aromatic nitrogens is 1. The molecule has 0 spiro atoms. The zero-order chi connectivity index (χ0) is 23.5. The number of halogens is 1. The molecule has 0 saturated carbocycles. The van der Waals surface area contributed by atoms with E-state index < -0.39 is 0 Å². The Morgan fingerprint density at radius 1 is 0.853 bits per heavy atom. The van der Waals surface area contributed by atoms with Gasteiger partial charge in [-0.05, 0) is 42.5 Å². The van der Waals surface area contributed by atoms with Crippen LogP contribution >= 0.6 is 15.9 Å². The molecule has 6 nitrogen and oxygen atoms in total. The second-order valence-corrected chi connectivity index (χ2v) is 9.29. The van der Waals surface area contributed by atoms with Crippen molar-refractivity contribution in [1.82, 2.24) is 9.47 Å². The number of amides is 1. The summed E-state index contributed by atoms with van der Waals surface area (Å²) in [6, 6.07) is 27.1. The van der Waals surface area contributed by atoms with Crippen LogP contribution < -0.4 is 15.8 Å². The standard InChI is InChI=1S/C27H25BrN4O2/c28-20-10-12-21(13-11-20)29-26(33)19-30-14-16-31(17-15-30)25-18-27(34)32(22-6-2-1-3-7-22)24-9-5-4-8-23(24)25/h1-13,18H,14-17,19H2,(H,29,33). The lowest BCUT2D eigenvalue weighted by molar-refractivity contribution is -0.117. The van der Waals surface area contributed by atoms with Crippen molar-refractivity contribution in [2.45, 2.75) is 0 Å². The fraction of sp³-hybridized carbons (Fsp3) is 0.185. The number of pyridine rings is 1. The monoisotopic (exact) mass is 516 g/mol. The number of nitrogens with zero attached hydrogens (tertiary/aromatic N) is 3. The van der Waals surface area contributed by atoms with E-state index in [1.807, 2.05) is 72.8 Å². The average molecular weight is 517 g/mol. The lowest BCUT2D eigenvalue weighted by atomic mass is 10.1. The molecule has 34 heavy (non-hydrogen) atoms. The van der Waals surface area contributed by atoms with E-state index in [0.717, 1.165) is 58.6 Å². The topological polar surface area (TPSA) is 57.6 Å². The number of para-hydroxylation sites is 2. The highest BCUT2D eigenvalue weighted by Crippen LogP contribution is 2.27. The van der Waals surface area contributed by atoms with Crippen molar-refractivity contribution >= 4 is 44.1 Å². The summed E-state index contributed by atoms with van der Waals surface area (Å²) in [5, 5.41) is 4.00. The van der Waals surface area contributed by atoms with Crippen molar-refractivity contribution in [2.24, 2.45) is 0 Å². The summed E-state index contributed by atoms with van der Waals surface area (Å²) in [5.41, 5.74) is 3.45. The van der Waals surface area contributed by atoms with Crippen LogP contribution in [0.2, 0.25) is 0 Å². The summed E-state index contributed by atoms with van der Waals surface area (Å²) in [5.74, 6) is -0.0216. The van der Waals surface area contributed by atoms with Gasteiger partial charge >= 0.3 is 0 Å². The Balaban J connectivity index is 1.31. The molecule has 4 aromatic rings. The first-order chi connectivity index (χ1) is 16.6. The summed E-state index contributed by atoms with van der Waals surface area (Å²) >= 11 is 3.40. The average Bonchev–Trinajstić information content (AvgIpc) is 2.86. The number of hydrogen-bond donors (Lipinski definition) is 1. The zero-order valence-electron chi connectivity index (χ0n) is 18.7. The molecular formula is C27H25BrN4O2. The molecule has 3 aromatic carbocycles. The van der Waals surface area contributed by atoms with Gasteiger partial charge in [0.2, 0.25) is 5.91 Å². The quantitative estimate of drug-likeness (QED) is 0.423. The Morgan fingerprint density at radius 2 is 1.53 bits per heavy atom. The fourth-order valence-electron chi connectivity index (χ4n) is 4.45. The summed E-state index contributed by atoms with van der Waals surface area (Å²) < 4.78 is 2.74. The number of rotatable bonds is 5. The molecular weight excluding hydrogens is 492 g/mol. The van der Waals surface area contributed by atoms with E-state index in [2.05, 4.69) is 37.1 Å². The number of hydrogen-bond acceptors (Lipinski definition) is 4. The molecule has 1 saturated heterocycles. The number of benzene rings is 3. The molecule has 1 amide bonds. The van der Waals surface area contributed by atoms with Gasteiger partial charge in [-0.25, -0.2) is 0 Å². The zero-order valence-corrected chi connectivity index (χ0v) is 20.2. The normalized spacial score (nSPS) is 14.3. The maximum Gasteiger partial charge on any atom is 0.257 e. The van der Waals surface area contributed by atoms with Crippen LogP contribution in [0.4, 0.5) is 11.4 Å². The van der Waals surface area contributed by atoms with Crippen LogP contribution in [0, 0.1) is 0 Å². The SMILES string of the molecule is O=C(CN1CCN(c2cc(=O)n(-c3ccccc3)c3ccccc23)CC1)Nc1ccc(Br)cc1. The minimum absolute atomic E-state index is 0.0216. The first kappa shape index (κ1) is 22.4. The molecule has 0 aliphatic carbocycles. The molecule has 0 unspecified atom stereocenters. The van der Waals surface area contributed by atoms with Gasteiger partial charge in [-0.1, -0.05) is 52.3 Å². The van der Waals surface area contributed by atoms with Crippen LogP contribution in [-0.2, 0) is 4.79 Å². The summed E-state index contributed by atoms with van der Waals surface area (Å²) in [6.07, 6.45) is 0. The lowest BCUT2D eigenvalue weighted by Gasteiger charge is -2.36. The number of nitrogens with one attached hydrogen (secondary N) is 1. The van der Waals surface area contributed by atoms with Gasteiger partial charge in [0.05, 0.1) is 17.7 Å². The third-order valence-electron chi connectivity index (χ3n) is 6.12. The molecule has 172 valence electrons. The van der Waals surface area contributed by atoms with Gasteiger partial charge in [-0.3, -0.25) is 19.1 Å². The van der Waals surface area contributed by atoms with E-state index in [1.54, 1.807) is 10.6 Å². The van der Waals surface area contributed by atoms with Crippen LogP contribution in [0.5, 0.6) is 0 Å². The number of anilines is 2. The van der Waals surface area contributed by atoms with E-state index >= 15 is 0 Å². The van der Waals surface area contributed by atoms with Gasteiger partial charge in [-0.2, -0.15) is 0 Å². The Labute approximate surface area is 206 Å². The van der Waals surface area contributed by atoms with Gasteiger partial charge in [0.25, 0.3) is 5.56 Å². The second-order valence-electron chi connectivity index (χ2n) is 8.37. The smallest absolute Gasteiger partial charge is 0.257 e. The third-order valence-corrected chi connectivity index (χ3v) is 6.65. The summed E-state index contributed by atoms with van der Waals surface area (Å²) in [7, 11) is 0. The van der Waals surface area contributed by atoms with Crippen LogP contribution in [0.1, 0.15) is 0 Å². The molecule has 1 N–H and O–H groups in total. The Kier molecular flexibility index (Phi) is 6.47. The van der Waals surface area contributed by atoms with E-state index in [-0.39, 0.29) is 11.5 Å². The van der Waals surface area contributed by atoms with Crippen molar-refractivity contribution in [1.29, 1.82) is 0 Å². The first-order valence-corrected chi connectivity index (χ1v) is 12.1. The second kappa shape index (κ2) is 9.83. The number of carbonyl (C=O) groups excluding carboxylic acids is 1. The number of carbonyl (C=O) groups is 1. The van der Waals surface area contributed by atoms with Gasteiger partial charge in [-0.15, -0.1) is 0 Å². The Morgan fingerprint density at radius 3 is 2.26 bits per heavy atom. The highest BCUT2D eigenvalue weighted by molar-refractivity contribution is 9.10. The minimum Gasteiger partial charge on any atom is -0.368 e. The molecule has 5 rings (SSSR count). The van der Waals surface area contributed by atoms with Crippen molar-refractivity contribution in [3.05, 3.63) is 99.8 Å². The van der Waals surface area contributed by atoms with Crippen LogP contribution in [0.25, 0.3) is 16.6 Å². The van der Waals surface area contributed by atoms with Crippen molar-refractivity contribution in [3.63, 3.8) is 0 Å². The third kappa shape index (κ3) is 4.76. The fourth-order valence-corrected chi connectivity index (χ4v) is 4.72. The van der Waals surface area contributed by atoms with Crippen LogP contribution in [0.3, 0.4) is 0 Å². The van der Waals surface area contributed by atoms with Gasteiger partial charge in [0.15, 0.2) is 0 Å². The predicted molar refractivity (Wildman–Crippen MR) is 141 cm³/mol. The Bertz CT molecular complexity index is 1360. The maximum absolute atomic E-state index is 13.2. The molecule has 1 aromatic heterocycles. The van der Waals surface area contributed by atoms with Gasteiger partial charge in [0.1, 0.15) is 0 Å². The first-order valence-electron chi connectivity index (χ1n) is 11.3. The van der Waals surface area contributed by atoms with Crippen LogP contribution in [0.15, 0.2) is 94.2 Å². The van der Waals surface area contributed by atoms with Crippen molar-refractivity contribution < 1.29 is 4.79 Å². The maximum atomic E-state index is 13.2. The molecule has 1 aliphatic rings. The van der Waals surface area contributed by atoms with E-state index in [1.165, 1.54) is 0 Å². The van der Waals surface area contributed by atoms with E-state index in [9.17, 15) is 9.59 Å². The predicted octanol–water partition coefficient (Wildman–Crippen LogP) is 4.51. The van der Waals surface area contributed by atoms with Gasteiger partial charge < -0.3 is 10.2 Å². The summed E-state index contributed by atoms with van der Waals surface area (Å²) in [4.78, 5) is 30.1. The van der Waals surface area contributed by atoms with Gasteiger partial charge in [0, 0.05) is 53.5 Å². The molecule has 1 aliphatic heterocycles. The number of fused-ring (bicyclic) bond motifs is 1. The summed E-state index contributed by atoms with van der Waals surface area (Å²) in [6.45, 7) is 3.36. The van der Waals surface area contributed by atoms with Crippen LogP contribution in [-0.4, -0.2) is 48.1 Å². The van der Waals surface area contributed by atoms with E-state index in [4.69, 9.17) is 0 Å².